The maximum absolute atomic E-state index is 9.21. The van der Waals surface area contributed by atoms with Gasteiger partial charge < -0.3 is 5.11 Å². The minimum absolute atomic E-state index is 0.214. The van der Waals surface area contributed by atoms with E-state index in [0.717, 1.165) is 6.42 Å². The maximum atomic E-state index is 9.21. The molecule has 0 saturated carbocycles. The molecule has 1 atom stereocenters. The molecule has 1 aliphatic carbocycles. The number of aliphatic hydroxyl groups is 1. The topological polar surface area (TPSA) is 20.2 Å². The molecule has 17 heavy (non-hydrogen) atoms. The standard InChI is InChI=1S/C16H16O/c1-11(10-17)12-6-7-16-14(8-12)9-13-4-2-3-5-15(13)16/h2-8,11,17H,9-10H2,1H3. The summed E-state index contributed by atoms with van der Waals surface area (Å²) in [6, 6.07) is 15.2. The van der Waals surface area contributed by atoms with Crippen LogP contribution >= 0.6 is 0 Å². The van der Waals surface area contributed by atoms with Crippen molar-refractivity contribution in [1.82, 2.24) is 0 Å². The molecule has 0 saturated heterocycles. The summed E-state index contributed by atoms with van der Waals surface area (Å²) in [4.78, 5) is 0. The first-order valence-corrected chi connectivity index (χ1v) is 6.11. The van der Waals surface area contributed by atoms with Crippen LogP contribution in [0.3, 0.4) is 0 Å². The molecule has 0 aliphatic heterocycles. The highest BCUT2D eigenvalue weighted by atomic mass is 16.3. The zero-order chi connectivity index (χ0) is 11.8. The van der Waals surface area contributed by atoms with Crippen molar-refractivity contribution in [3.8, 4) is 11.1 Å². The quantitative estimate of drug-likeness (QED) is 0.707. The minimum atomic E-state index is 0.214. The van der Waals surface area contributed by atoms with E-state index in [2.05, 4.69) is 49.4 Å². The van der Waals surface area contributed by atoms with Gasteiger partial charge in [0.15, 0.2) is 0 Å². The Morgan fingerprint density at radius 1 is 1.06 bits per heavy atom. The van der Waals surface area contributed by atoms with E-state index in [1.165, 1.54) is 27.8 Å². The maximum Gasteiger partial charge on any atom is 0.0497 e. The number of fused-ring (bicyclic) bond motifs is 3. The predicted octanol–water partition coefficient (Wildman–Crippen LogP) is 3.35. The van der Waals surface area contributed by atoms with Crippen LogP contribution in [0.15, 0.2) is 42.5 Å². The predicted molar refractivity (Wildman–Crippen MR) is 70.2 cm³/mol. The molecular weight excluding hydrogens is 208 g/mol. The van der Waals surface area contributed by atoms with Crippen LogP contribution in [0.5, 0.6) is 0 Å². The summed E-state index contributed by atoms with van der Waals surface area (Å²) in [5.41, 5.74) is 6.76. The summed E-state index contributed by atoms with van der Waals surface area (Å²) in [7, 11) is 0. The number of hydrogen-bond acceptors (Lipinski definition) is 1. The molecule has 0 amide bonds. The average Bonchev–Trinajstić information content (AvgIpc) is 2.75. The Kier molecular flexibility index (Phi) is 2.49. The number of benzene rings is 2. The van der Waals surface area contributed by atoms with Gasteiger partial charge in [0, 0.05) is 12.5 Å². The van der Waals surface area contributed by atoms with Crippen molar-refractivity contribution in [3.63, 3.8) is 0 Å². The lowest BCUT2D eigenvalue weighted by Crippen LogP contribution is -1.99. The van der Waals surface area contributed by atoms with Crippen molar-refractivity contribution >= 4 is 0 Å². The summed E-state index contributed by atoms with van der Waals surface area (Å²) in [6.45, 7) is 2.27. The van der Waals surface area contributed by atoms with Crippen LogP contribution in [-0.4, -0.2) is 11.7 Å². The second-order valence-electron chi connectivity index (χ2n) is 4.83. The highest BCUT2D eigenvalue weighted by Gasteiger charge is 2.18. The number of rotatable bonds is 2. The van der Waals surface area contributed by atoms with Crippen molar-refractivity contribution in [1.29, 1.82) is 0 Å². The first-order valence-electron chi connectivity index (χ1n) is 6.11. The summed E-state index contributed by atoms with van der Waals surface area (Å²) >= 11 is 0. The Balaban J connectivity index is 2.07. The first-order chi connectivity index (χ1) is 8.29. The molecule has 1 heteroatoms. The fraction of sp³-hybridized carbons (Fsp3) is 0.250. The second-order valence-corrected chi connectivity index (χ2v) is 4.83. The van der Waals surface area contributed by atoms with E-state index in [1.807, 2.05) is 0 Å². The number of aliphatic hydroxyl groups excluding tert-OH is 1. The van der Waals surface area contributed by atoms with Crippen molar-refractivity contribution in [2.24, 2.45) is 0 Å². The largest absolute Gasteiger partial charge is 0.396 e. The SMILES string of the molecule is CC(CO)c1ccc2c(c1)Cc1ccccc1-2. The average molecular weight is 224 g/mol. The molecule has 1 N–H and O–H groups in total. The third-order valence-corrected chi connectivity index (χ3v) is 3.66. The van der Waals surface area contributed by atoms with E-state index in [0.29, 0.717) is 0 Å². The van der Waals surface area contributed by atoms with Crippen LogP contribution in [0.4, 0.5) is 0 Å². The summed E-state index contributed by atoms with van der Waals surface area (Å²) in [5, 5.41) is 9.21. The third-order valence-electron chi connectivity index (χ3n) is 3.66. The lowest BCUT2D eigenvalue weighted by molar-refractivity contribution is 0.273. The van der Waals surface area contributed by atoms with Gasteiger partial charge in [-0.2, -0.15) is 0 Å². The van der Waals surface area contributed by atoms with Crippen LogP contribution in [0, 0.1) is 0 Å². The van der Waals surface area contributed by atoms with Gasteiger partial charge in [-0.25, -0.2) is 0 Å². The molecule has 0 heterocycles. The molecule has 1 unspecified atom stereocenters. The smallest absolute Gasteiger partial charge is 0.0497 e. The highest BCUT2D eigenvalue weighted by molar-refractivity contribution is 5.76. The third kappa shape index (κ3) is 1.67. The highest BCUT2D eigenvalue weighted by Crippen LogP contribution is 2.37. The van der Waals surface area contributed by atoms with E-state index in [-0.39, 0.29) is 12.5 Å². The van der Waals surface area contributed by atoms with E-state index in [4.69, 9.17) is 0 Å². The van der Waals surface area contributed by atoms with Gasteiger partial charge in [-0.15, -0.1) is 0 Å². The second kappa shape index (κ2) is 4.01. The molecular formula is C16H16O. The molecule has 0 radical (unpaired) electrons. The summed E-state index contributed by atoms with van der Waals surface area (Å²) in [6.07, 6.45) is 1.03. The lowest BCUT2D eigenvalue weighted by atomic mass is 9.97. The van der Waals surface area contributed by atoms with Crippen molar-refractivity contribution < 1.29 is 5.11 Å². The Labute approximate surface area is 102 Å². The number of hydrogen-bond donors (Lipinski definition) is 1. The van der Waals surface area contributed by atoms with Crippen LogP contribution in [-0.2, 0) is 6.42 Å². The van der Waals surface area contributed by atoms with Gasteiger partial charge in [0.2, 0.25) is 0 Å². The zero-order valence-corrected chi connectivity index (χ0v) is 9.98. The Bertz CT molecular complexity index is 557. The van der Waals surface area contributed by atoms with Gasteiger partial charge in [-0.05, 0) is 34.2 Å². The van der Waals surface area contributed by atoms with Crippen molar-refractivity contribution in [2.45, 2.75) is 19.3 Å². The van der Waals surface area contributed by atoms with E-state index >= 15 is 0 Å². The molecule has 1 nitrogen and oxygen atoms in total. The van der Waals surface area contributed by atoms with Gasteiger partial charge in [0.1, 0.15) is 0 Å². The molecule has 0 aromatic heterocycles. The van der Waals surface area contributed by atoms with E-state index in [9.17, 15) is 5.11 Å². The van der Waals surface area contributed by atoms with Crippen molar-refractivity contribution in [3.05, 3.63) is 59.2 Å². The monoisotopic (exact) mass is 224 g/mol. The lowest BCUT2D eigenvalue weighted by Gasteiger charge is -2.10. The Morgan fingerprint density at radius 3 is 2.65 bits per heavy atom. The van der Waals surface area contributed by atoms with Gasteiger partial charge in [0.05, 0.1) is 0 Å². The molecule has 1 aliphatic rings. The van der Waals surface area contributed by atoms with Crippen LogP contribution in [0.1, 0.15) is 29.5 Å². The van der Waals surface area contributed by atoms with E-state index < -0.39 is 0 Å². The zero-order valence-electron chi connectivity index (χ0n) is 9.98. The molecule has 0 fully saturated rings. The van der Waals surface area contributed by atoms with Gasteiger partial charge in [0.25, 0.3) is 0 Å². The molecule has 0 spiro atoms. The molecule has 86 valence electrons. The van der Waals surface area contributed by atoms with Gasteiger partial charge in [-0.1, -0.05) is 49.4 Å². The van der Waals surface area contributed by atoms with Crippen LogP contribution < -0.4 is 0 Å². The van der Waals surface area contributed by atoms with Crippen LogP contribution in [0.2, 0.25) is 0 Å². The van der Waals surface area contributed by atoms with E-state index in [1.54, 1.807) is 0 Å². The molecule has 0 bridgehead atoms. The fourth-order valence-corrected chi connectivity index (χ4v) is 2.58. The Morgan fingerprint density at radius 2 is 1.82 bits per heavy atom. The fourth-order valence-electron chi connectivity index (χ4n) is 2.58. The minimum Gasteiger partial charge on any atom is -0.396 e. The summed E-state index contributed by atoms with van der Waals surface area (Å²) < 4.78 is 0. The van der Waals surface area contributed by atoms with Crippen LogP contribution in [0.25, 0.3) is 11.1 Å². The van der Waals surface area contributed by atoms with Crippen molar-refractivity contribution in [2.75, 3.05) is 6.61 Å². The Hall–Kier alpha value is -1.60. The van der Waals surface area contributed by atoms with Gasteiger partial charge in [-0.3, -0.25) is 0 Å². The van der Waals surface area contributed by atoms with Gasteiger partial charge >= 0.3 is 0 Å². The molecule has 2 aromatic carbocycles. The molecule has 3 rings (SSSR count). The molecule has 2 aromatic rings. The first kappa shape index (κ1) is 10.5. The summed E-state index contributed by atoms with van der Waals surface area (Å²) in [5.74, 6) is 0.226. The normalized spacial score (nSPS) is 14.2.